The van der Waals surface area contributed by atoms with Crippen molar-refractivity contribution < 1.29 is 9.59 Å². The summed E-state index contributed by atoms with van der Waals surface area (Å²) in [5.74, 6) is -0.199. The zero-order valence-corrected chi connectivity index (χ0v) is 21.8. The van der Waals surface area contributed by atoms with Crippen molar-refractivity contribution >= 4 is 23.3 Å². The smallest absolute Gasteiger partial charge is 0.322 e. The number of hydrogen-bond donors (Lipinski definition) is 2. The van der Waals surface area contributed by atoms with Gasteiger partial charge in [0.05, 0.1) is 18.8 Å². The van der Waals surface area contributed by atoms with Gasteiger partial charge in [-0.15, -0.1) is 0 Å². The normalized spacial score (nSPS) is 19.4. The first-order valence-corrected chi connectivity index (χ1v) is 13.1. The fraction of sp³-hybridized carbons (Fsp3) is 0.429. The van der Waals surface area contributed by atoms with Gasteiger partial charge in [-0.25, -0.2) is 4.79 Å². The molecule has 9 heteroatoms. The van der Waals surface area contributed by atoms with Gasteiger partial charge in [-0.2, -0.15) is 10.2 Å². The number of piperazine rings is 1. The number of hydrogen-bond acceptors (Lipinski definition) is 6. The zero-order valence-electron chi connectivity index (χ0n) is 21.8. The minimum Gasteiger partial charge on any atom is -0.369 e. The number of likely N-dealkylation sites (N-methyl/N-ethyl adjacent to an activating group) is 1. The SMILES string of the molecule is CCc1cccc(CC)c1NC(=O)N1CC2=C(C1)[C@@H](NC(=O)c1ccc(N3CCN(C)CC3)cc1)N=N2. The Labute approximate surface area is 218 Å². The second-order valence-electron chi connectivity index (χ2n) is 9.85. The fourth-order valence-corrected chi connectivity index (χ4v) is 5.12. The van der Waals surface area contributed by atoms with Crippen molar-refractivity contribution in [3.63, 3.8) is 0 Å². The van der Waals surface area contributed by atoms with Crippen LogP contribution in [0.4, 0.5) is 16.2 Å². The molecule has 0 unspecified atom stereocenters. The van der Waals surface area contributed by atoms with Gasteiger partial charge in [0, 0.05) is 48.7 Å². The van der Waals surface area contributed by atoms with Crippen LogP contribution in [0.5, 0.6) is 0 Å². The van der Waals surface area contributed by atoms with Crippen LogP contribution in [-0.4, -0.2) is 74.2 Å². The van der Waals surface area contributed by atoms with Crippen molar-refractivity contribution in [1.29, 1.82) is 0 Å². The summed E-state index contributed by atoms with van der Waals surface area (Å²) in [4.78, 5) is 32.5. The van der Waals surface area contributed by atoms with Gasteiger partial charge in [-0.1, -0.05) is 32.0 Å². The van der Waals surface area contributed by atoms with Crippen molar-refractivity contribution in [3.05, 3.63) is 70.4 Å². The molecule has 2 aromatic rings. The summed E-state index contributed by atoms with van der Waals surface area (Å²) in [7, 11) is 2.13. The van der Waals surface area contributed by atoms with Crippen molar-refractivity contribution in [2.75, 3.05) is 56.5 Å². The lowest BCUT2D eigenvalue weighted by Crippen LogP contribution is -2.44. The highest BCUT2D eigenvalue weighted by Crippen LogP contribution is 2.30. The van der Waals surface area contributed by atoms with E-state index < -0.39 is 6.17 Å². The maximum absolute atomic E-state index is 13.1. The lowest BCUT2D eigenvalue weighted by atomic mass is 10.0. The molecule has 0 bridgehead atoms. The van der Waals surface area contributed by atoms with E-state index in [9.17, 15) is 9.59 Å². The van der Waals surface area contributed by atoms with Crippen LogP contribution in [0.1, 0.15) is 35.3 Å². The van der Waals surface area contributed by atoms with Crippen LogP contribution in [0.25, 0.3) is 0 Å². The van der Waals surface area contributed by atoms with Gasteiger partial charge < -0.3 is 25.3 Å². The van der Waals surface area contributed by atoms with E-state index in [1.165, 1.54) is 0 Å². The number of urea groups is 1. The molecule has 0 spiro atoms. The van der Waals surface area contributed by atoms with Crippen LogP contribution < -0.4 is 15.5 Å². The van der Waals surface area contributed by atoms with Crippen LogP contribution >= 0.6 is 0 Å². The van der Waals surface area contributed by atoms with Crippen molar-refractivity contribution in [1.82, 2.24) is 15.1 Å². The molecule has 1 fully saturated rings. The maximum atomic E-state index is 13.1. The molecule has 5 rings (SSSR count). The summed E-state index contributed by atoms with van der Waals surface area (Å²) in [5.41, 5.74) is 6.48. The summed E-state index contributed by atoms with van der Waals surface area (Å²) >= 11 is 0. The minimum atomic E-state index is -0.549. The van der Waals surface area contributed by atoms with Crippen molar-refractivity contribution in [2.45, 2.75) is 32.9 Å². The van der Waals surface area contributed by atoms with E-state index >= 15 is 0 Å². The third kappa shape index (κ3) is 5.22. The third-order valence-electron chi connectivity index (χ3n) is 7.48. The summed E-state index contributed by atoms with van der Waals surface area (Å²) in [6.45, 7) is 8.97. The molecule has 3 aliphatic heterocycles. The van der Waals surface area contributed by atoms with Crippen molar-refractivity contribution in [3.8, 4) is 0 Å². The molecule has 1 atom stereocenters. The molecule has 0 radical (unpaired) electrons. The molecular formula is C28H35N7O2. The number of benzene rings is 2. The standard InChI is InChI=1S/C28H35N7O2/c1-4-19-7-6-8-20(5-2)25(19)29-28(37)35-17-23-24(18-35)31-32-26(23)30-27(36)21-9-11-22(12-10-21)34-15-13-33(3)14-16-34/h6-12,26H,4-5,13-18H2,1-3H3,(H,29,37)(H,30,36)/t26-/m0/s1. The average molecular weight is 502 g/mol. The second-order valence-corrected chi connectivity index (χ2v) is 9.85. The number of anilines is 2. The molecule has 9 nitrogen and oxygen atoms in total. The first kappa shape index (κ1) is 25.0. The number of aryl methyl sites for hydroxylation is 2. The molecule has 194 valence electrons. The molecule has 0 aromatic heterocycles. The number of amides is 3. The Morgan fingerprint density at radius 2 is 1.62 bits per heavy atom. The summed E-state index contributed by atoms with van der Waals surface area (Å²) in [5, 5.41) is 14.6. The van der Waals surface area contributed by atoms with Gasteiger partial charge in [0.15, 0.2) is 6.17 Å². The maximum Gasteiger partial charge on any atom is 0.322 e. The van der Waals surface area contributed by atoms with E-state index in [0.717, 1.165) is 72.8 Å². The Morgan fingerprint density at radius 1 is 0.946 bits per heavy atom. The number of nitrogens with one attached hydrogen (secondary N) is 2. The van der Waals surface area contributed by atoms with E-state index in [4.69, 9.17) is 0 Å². The van der Waals surface area contributed by atoms with Crippen LogP contribution in [0.2, 0.25) is 0 Å². The molecule has 3 amide bonds. The number of nitrogens with zero attached hydrogens (tertiary/aromatic N) is 5. The third-order valence-corrected chi connectivity index (χ3v) is 7.48. The number of carbonyl (C=O) groups excluding carboxylic acids is 2. The second kappa shape index (κ2) is 10.7. The fourth-order valence-electron chi connectivity index (χ4n) is 5.12. The summed E-state index contributed by atoms with van der Waals surface area (Å²) in [6.07, 6.45) is 1.14. The molecule has 0 saturated carbocycles. The molecule has 3 aliphatic rings. The molecule has 3 heterocycles. The molecule has 0 aliphatic carbocycles. The highest BCUT2D eigenvalue weighted by molar-refractivity contribution is 5.95. The zero-order chi connectivity index (χ0) is 25.9. The Balaban J connectivity index is 1.19. The van der Waals surface area contributed by atoms with Crippen LogP contribution in [0.15, 0.2) is 64.0 Å². The number of para-hydroxylation sites is 1. The van der Waals surface area contributed by atoms with E-state index in [1.807, 2.05) is 30.3 Å². The Morgan fingerprint density at radius 3 is 2.27 bits per heavy atom. The van der Waals surface area contributed by atoms with Gasteiger partial charge in [-0.3, -0.25) is 4.79 Å². The van der Waals surface area contributed by atoms with Crippen LogP contribution in [0.3, 0.4) is 0 Å². The number of rotatable bonds is 6. The van der Waals surface area contributed by atoms with Gasteiger partial charge in [-0.05, 0) is 55.3 Å². The largest absolute Gasteiger partial charge is 0.369 e. The van der Waals surface area contributed by atoms with E-state index in [1.54, 1.807) is 4.90 Å². The number of azo groups is 1. The quantitative estimate of drug-likeness (QED) is 0.628. The Kier molecular flexibility index (Phi) is 7.23. The first-order valence-electron chi connectivity index (χ1n) is 13.1. The van der Waals surface area contributed by atoms with Gasteiger partial charge in [0.25, 0.3) is 5.91 Å². The highest BCUT2D eigenvalue weighted by Gasteiger charge is 2.35. The highest BCUT2D eigenvalue weighted by atomic mass is 16.2. The Hall–Kier alpha value is -3.72. The minimum absolute atomic E-state index is 0.162. The van der Waals surface area contributed by atoms with E-state index in [0.29, 0.717) is 18.7 Å². The molecular weight excluding hydrogens is 466 g/mol. The molecule has 2 aromatic carbocycles. The lowest BCUT2D eigenvalue weighted by molar-refractivity contribution is 0.0943. The predicted molar refractivity (Wildman–Crippen MR) is 145 cm³/mol. The van der Waals surface area contributed by atoms with Gasteiger partial charge >= 0.3 is 6.03 Å². The molecule has 1 saturated heterocycles. The molecule has 37 heavy (non-hydrogen) atoms. The Bertz CT molecular complexity index is 1210. The first-order chi connectivity index (χ1) is 18.0. The average Bonchev–Trinajstić information content (AvgIpc) is 3.51. The molecule has 2 N–H and O–H groups in total. The van der Waals surface area contributed by atoms with Gasteiger partial charge in [0.2, 0.25) is 0 Å². The topological polar surface area (TPSA) is 92.6 Å². The number of carbonyl (C=O) groups is 2. The predicted octanol–water partition coefficient (Wildman–Crippen LogP) is 3.89. The van der Waals surface area contributed by atoms with E-state index in [-0.39, 0.29) is 11.9 Å². The summed E-state index contributed by atoms with van der Waals surface area (Å²) in [6, 6.07) is 13.7. The lowest BCUT2D eigenvalue weighted by Gasteiger charge is -2.34. The van der Waals surface area contributed by atoms with E-state index in [2.05, 4.69) is 63.7 Å². The summed E-state index contributed by atoms with van der Waals surface area (Å²) < 4.78 is 0. The van der Waals surface area contributed by atoms with Crippen LogP contribution in [0, 0.1) is 0 Å². The van der Waals surface area contributed by atoms with Crippen molar-refractivity contribution in [2.24, 2.45) is 10.2 Å². The van der Waals surface area contributed by atoms with Gasteiger partial charge in [0.1, 0.15) is 0 Å². The monoisotopic (exact) mass is 501 g/mol. The van der Waals surface area contributed by atoms with Crippen LogP contribution in [-0.2, 0) is 12.8 Å².